The highest BCUT2D eigenvalue weighted by molar-refractivity contribution is 5.78. The molecular weight excluding hydrogens is 257 g/mol. The van der Waals surface area contributed by atoms with Crippen molar-refractivity contribution in [3.05, 3.63) is 29.3 Å². The number of hydrogen-bond donors (Lipinski definition) is 1. The molecule has 6 heteroatoms. The number of aldehydes is 1. The van der Waals surface area contributed by atoms with Crippen molar-refractivity contribution in [1.82, 2.24) is 4.90 Å². The van der Waals surface area contributed by atoms with Crippen LogP contribution in [0.4, 0.5) is 18.9 Å². The Hall–Kier alpha value is -1.56. The molecule has 1 aliphatic rings. The normalized spacial score (nSPS) is 15.8. The molecule has 0 bridgehead atoms. The van der Waals surface area contributed by atoms with Gasteiger partial charge in [0.2, 0.25) is 0 Å². The van der Waals surface area contributed by atoms with E-state index in [0.717, 1.165) is 12.1 Å². The van der Waals surface area contributed by atoms with Crippen LogP contribution in [-0.4, -0.2) is 31.3 Å². The molecule has 1 fully saturated rings. The van der Waals surface area contributed by atoms with Crippen molar-refractivity contribution in [2.75, 3.05) is 25.9 Å². The molecule has 2 rings (SSSR count). The summed E-state index contributed by atoms with van der Waals surface area (Å²) < 4.78 is 36.6. The van der Waals surface area contributed by atoms with Crippen LogP contribution in [0.5, 0.6) is 0 Å². The van der Waals surface area contributed by atoms with E-state index in [4.69, 9.17) is 5.73 Å². The largest absolute Gasteiger partial charge is 0.417 e. The molecule has 0 spiro atoms. The quantitative estimate of drug-likeness (QED) is 0.632. The molecule has 0 aliphatic carbocycles. The van der Waals surface area contributed by atoms with Crippen LogP contribution in [0.25, 0.3) is 0 Å². The maximum absolute atomic E-state index is 12.2. The molecule has 3 nitrogen and oxygen atoms in total. The van der Waals surface area contributed by atoms with E-state index in [1.807, 2.05) is 0 Å². The Morgan fingerprint density at radius 1 is 1.26 bits per heavy atom. The average Bonchev–Trinajstić information content (AvgIpc) is 2.80. The van der Waals surface area contributed by atoms with Crippen molar-refractivity contribution >= 4 is 12.0 Å². The SMILES string of the molecule is CN1CCCC1.Nc1ccc(C=O)c(C(F)(F)F)c1. The van der Waals surface area contributed by atoms with Crippen molar-refractivity contribution in [3.8, 4) is 0 Å². The summed E-state index contributed by atoms with van der Waals surface area (Å²) in [6.45, 7) is 2.64. The van der Waals surface area contributed by atoms with E-state index in [9.17, 15) is 18.0 Å². The molecule has 0 aromatic heterocycles. The van der Waals surface area contributed by atoms with Gasteiger partial charge in [-0.05, 0) is 51.2 Å². The van der Waals surface area contributed by atoms with Crippen LogP contribution in [0, 0.1) is 0 Å². The Bertz CT molecular complexity index is 426. The maximum Gasteiger partial charge on any atom is 0.417 e. The van der Waals surface area contributed by atoms with E-state index in [1.165, 1.54) is 32.0 Å². The molecule has 1 saturated heterocycles. The predicted octanol–water partition coefficient (Wildman–Crippen LogP) is 2.81. The van der Waals surface area contributed by atoms with Crippen molar-refractivity contribution in [1.29, 1.82) is 0 Å². The molecule has 0 radical (unpaired) electrons. The van der Waals surface area contributed by atoms with Gasteiger partial charge in [-0.15, -0.1) is 0 Å². The Morgan fingerprint density at radius 2 is 1.84 bits per heavy atom. The standard InChI is InChI=1S/C8H6F3NO.C5H11N/c9-8(10,11)7-3-6(12)2-1-5(7)4-13;1-6-4-2-3-5-6/h1-4H,12H2;2-5H2,1H3. The van der Waals surface area contributed by atoms with Gasteiger partial charge in [0, 0.05) is 11.3 Å². The first kappa shape index (κ1) is 15.5. The fourth-order valence-corrected chi connectivity index (χ4v) is 1.80. The monoisotopic (exact) mass is 274 g/mol. The van der Waals surface area contributed by atoms with E-state index in [2.05, 4.69) is 11.9 Å². The fraction of sp³-hybridized carbons (Fsp3) is 0.462. The molecule has 0 unspecified atom stereocenters. The molecule has 1 aliphatic heterocycles. The second kappa shape index (κ2) is 6.56. The zero-order chi connectivity index (χ0) is 14.5. The molecule has 19 heavy (non-hydrogen) atoms. The second-order valence-corrected chi connectivity index (χ2v) is 4.47. The zero-order valence-corrected chi connectivity index (χ0v) is 10.7. The summed E-state index contributed by atoms with van der Waals surface area (Å²) in [6.07, 6.45) is -1.55. The minimum absolute atomic E-state index is 0.0158. The molecule has 1 heterocycles. The predicted molar refractivity (Wildman–Crippen MR) is 68.0 cm³/mol. The van der Waals surface area contributed by atoms with Crippen molar-refractivity contribution in [2.24, 2.45) is 0 Å². The third-order valence-corrected chi connectivity index (χ3v) is 2.84. The van der Waals surface area contributed by atoms with Crippen LogP contribution in [0.15, 0.2) is 18.2 Å². The Kier molecular flexibility index (Phi) is 5.35. The van der Waals surface area contributed by atoms with Gasteiger partial charge in [-0.2, -0.15) is 13.2 Å². The van der Waals surface area contributed by atoms with Crippen LogP contribution in [0.1, 0.15) is 28.8 Å². The summed E-state index contributed by atoms with van der Waals surface area (Å²) in [7, 11) is 2.17. The number of nitrogens with two attached hydrogens (primary N) is 1. The highest BCUT2D eigenvalue weighted by atomic mass is 19.4. The van der Waals surface area contributed by atoms with Crippen molar-refractivity contribution in [2.45, 2.75) is 19.0 Å². The third kappa shape index (κ3) is 4.90. The van der Waals surface area contributed by atoms with Gasteiger partial charge in [-0.3, -0.25) is 4.79 Å². The van der Waals surface area contributed by atoms with Crippen LogP contribution in [0.2, 0.25) is 0 Å². The Balaban J connectivity index is 0.000000250. The molecule has 106 valence electrons. The number of carbonyl (C=O) groups excluding carboxylic acids is 1. The molecule has 0 amide bonds. The maximum atomic E-state index is 12.2. The van der Waals surface area contributed by atoms with Crippen LogP contribution in [0.3, 0.4) is 0 Å². The number of likely N-dealkylation sites (tertiary alicyclic amines) is 1. The summed E-state index contributed by atoms with van der Waals surface area (Å²) in [5, 5.41) is 0. The van der Waals surface area contributed by atoms with Gasteiger partial charge in [-0.25, -0.2) is 0 Å². The number of rotatable bonds is 1. The smallest absolute Gasteiger partial charge is 0.399 e. The Labute approximate surface area is 110 Å². The first-order valence-corrected chi connectivity index (χ1v) is 5.95. The van der Waals surface area contributed by atoms with Gasteiger partial charge in [0.15, 0.2) is 6.29 Å². The second-order valence-electron chi connectivity index (χ2n) is 4.47. The summed E-state index contributed by atoms with van der Waals surface area (Å²) in [6, 6.07) is 3.04. The highest BCUT2D eigenvalue weighted by Crippen LogP contribution is 2.32. The first-order valence-electron chi connectivity index (χ1n) is 5.95. The van der Waals surface area contributed by atoms with Gasteiger partial charge in [0.05, 0.1) is 5.56 Å². The molecule has 1 aromatic carbocycles. The van der Waals surface area contributed by atoms with Crippen molar-refractivity contribution < 1.29 is 18.0 Å². The number of nitrogen functional groups attached to an aromatic ring is 1. The number of alkyl halides is 3. The lowest BCUT2D eigenvalue weighted by Gasteiger charge is -2.09. The lowest BCUT2D eigenvalue weighted by molar-refractivity contribution is -0.137. The van der Waals surface area contributed by atoms with Gasteiger partial charge < -0.3 is 10.6 Å². The van der Waals surface area contributed by atoms with Gasteiger partial charge in [0.1, 0.15) is 0 Å². The number of nitrogens with zero attached hydrogens (tertiary/aromatic N) is 1. The van der Waals surface area contributed by atoms with Gasteiger partial charge >= 0.3 is 6.18 Å². The summed E-state index contributed by atoms with van der Waals surface area (Å²) >= 11 is 0. The highest BCUT2D eigenvalue weighted by Gasteiger charge is 2.33. The van der Waals surface area contributed by atoms with E-state index >= 15 is 0 Å². The summed E-state index contributed by atoms with van der Waals surface area (Å²) in [5.74, 6) is 0. The minimum Gasteiger partial charge on any atom is -0.399 e. The number of halogens is 3. The summed E-state index contributed by atoms with van der Waals surface area (Å²) in [4.78, 5) is 12.6. The Morgan fingerprint density at radius 3 is 2.21 bits per heavy atom. The summed E-state index contributed by atoms with van der Waals surface area (Å²) in [5.41, 5.74) is 3.75. The van der Waals surface area contributed by atoms with E-state index in [0.29, 0.717) is 0 Å². The van der Waals surface area contributed by atoms with Gasteiger partial charge in [-0.1, -0.05) is 0 Å². The lowest BCUT2D eigenvalue weighted by Crippen LogP contribution is -2.10. The van der Waals surface area contributed by atoms with Gasteiger partial charge in [0.25, 0.3) is 0 Å². The molecular formula is C13H17F3N2O. The fourth-order valence-electron chi connectivity index (χ4n) is 1.80. The topological polar surface area (TPSA) is 46.3 Å². The number of anilines is 1. The minimum atomic E-state index is -4.54. The van der Waals surface area contributed by atoms with E-state index in [-0.39, 0.29) is 12.0 Å². The lowest BCUT2D eigenvalue weighted by atomic mass is 10.1. The first-order chi connectivity index (χ1) is 8.84. The molecule has 0 saturated carbocycles. The van der Waals surface area contributed by atoms with Crippen LogP contribution >= 0.6 is 0 Å². The number of benzene rings is 1. The third-order valence-electron chi connectivity index (χ3n) is 2.84. The van der Waals surface area contributed by atoms with Crippen molar-refractivity contribution in [3.63, 3.8) is 0 Å². The van der Waals surface area contributed by atoms with E-state index in [1.54, 1.807) is 0 Å². The van der Waals surface area contributed by atoms with Crippen LogP contribution < -0.4 is 5.73 Å². The zero-order valence-electron chi connectivity index (χ0n) is 10.7. The molecule has 2 N–H and O–H groups in total. The molecule has 0 atom stereocenters. The molecule has 1 aromatic rings. The average molecular weight is 274 g/mol. The van der Waals surface area contributed by atoms with Crippen LogP contribution in [-0.2, 0) is 6.18 Å². The number of hydrogen-bond acceptors (Lipinski definition) is 3. The van der Waals surface area contributed by atoms with E-state index < -0.39 is 17.3 Å². The number of carbonyl (C=O) groups is 1.